The summed E-state index contributed by atoms with van der Waals surface area (Å²) in [4.78, 5) is 11.5. The Morgan fingerprint density at radius 1 is 1.47 bits per heavy atom. The van der Waals surface area contributed by atoms with Gasteiger partial charge in [-0.25, -0.2) is 0 Å². The van der Waals surface area contributed by atoms with Gasteiger partial charge < -0.3 is 4.74 Å². The van der Waals surface area contributed by atoms with Crippen LogP contribution in [0, 0.1) is 11.3 Å². The van der Waals surface area contributed by atoms with Crippen molar-refractivity contribution >= 4 is 5.97 Å². The number of ether oxygens (including phenoxy) is 1. The molecule has 1 atom stereocenters. The van der Waals surface area contributed by atoms with Crippen LogP contribution in [-0.4, -0.2) is 12.6 Å². The topological polar surface area (TPSA) is 50.1 Å². The van der Waals surface area contributed by atoms with Gasteiger partial charge >= 0.3 is 5.97 Å². The summed E-state index contributed by atoms with van der Waals surface area (Å²) in [5, 5.41) is 8.90. The molecule has 1 aromatic rings. The highest BCUT2D eigenvalue weighted by molar-refractivity contribution is 5.81. The third-order valence-corrected chi connectivity index (χ3v) is 1.95. The smallest absolute Gasteiger partial charge is 0.327 e. The Morgan fingerprint density at radius 2 is 2.13 bits per heavy atom. The van der Waals surface area contributed by atoms with Gasteiger partial charge in [0, 0.05) is 0 Å². The standard InChI is InChI=1S/C12H13NO2/c1-2-8-15-12(14)11(9-13)10-6-4-3-5-7-10/h3-7,11H,2,8H2,1H3. The van der Waals surface area contributed by atoms with Gasteiger partial charge in [-0.1, -0.05) is 37.3 Å². The summed E-state index contributed by atoms with van der Waals surface area (Å²) in [6, 6.07) is 10.9. The fourth-order valence-corrected chi connectivity index (χ4v) is 1.19. The van der Waals surface area contributed by atoms with Crippen molar-refractivity contribution in [1.29, 1.82) is 5.26 Å². The Balaban J connectivity index is 2.73. The second-order valence-corrected chi connectivity index (χ2v) is 3.14. The summed E-state index contributed by atoms with van der Waals surface area (Å²) < 4.78 is 4.94. The lowest BCUT2D eigenvalue weighted by Gasteiger charge is -2.08. The highest BCUT2D eigenvalue weighted by atomic mass is 16.5. The molecule has 0 radical (unpaired) electrons. The van der Waals surface area contributed by atoms with E-state index in [1.54, 1.807) is 24.3 Å². The second kappa shape index (κ2) is 5.82. The van der Waals surface area contributed by atoms with Gasteiger partial charge in [0.15, 0.2) is 5.92 Å². The zero-order valence-electron chi connectivity index (χ0n) is 8.64. The van der Waals surface area contributed by atoms with Gasteiger partial charge in [0.1, 0.15) is 0 Å². The number of benzene rings is 1. The first-order valence-corrected chi connectivity index (χ1v) is 4.90. The third kappa shape index (κ3) is 3.10. The molecule has 1 aromatic carbocycles. The van der Waals surface area contributed by atoms with Crippen LogP contribution in [0.5, 0.6) is 0 Å². The van der Waals surface area contributed by atoms with Crippen molar-refractivity contribution in [3.8, 4) is 6.07 Å². The molecule has 0 spiro atoms. The zero-order chi connectivity index (χ0) is 11.1. The van der Waals surface area contributed by atoms with E-state index >= 15 is 0 Å². The van der Waals surface area contributed by atoms with E-state index in [1.165, 1.54) is 0 Å². The number of carbonyl (C=O) groups is 1. The molecule has 1 unspecified atom stereocenters. The molecule has 0 aliphatic heterocycles. The molecule has 0 saturated heterocycles. The van der Waals surface area contributed by atoms with E-state index in [0.717, 1.165) is 6.42 Å². The predicted molar refractivity (Wildman–Crippen MR) is 56.0 cm³/mol. The summed E-state index contributed by atoms with van der Waals surface area (Å²) in [7, 11) is 0. The van der Waals surface area contributed by atoms with Crippen molar-refractivity contribution in [3.05, 3.63) is 35.9 Å². The van der Waals surface area contributed by atoms with Crippen LogP contribution in [0.3, 0.4) is 0 Å². The van der Waals surface area contributed by atoms with Gasteiger partial charge in [0.05, 0.1) is 12.7 Å². The Hall–Kier alpha value is -1.82. The first-order valence-electron chi connectivity index (χ1n) is 4.90. The molecular formula is C12H13NO2. The number of nitriles is 1. The summed E-state index contributed by atoms with van der Waals surface area (Å²) in [5.41, 5.74) is 0.682. The molecule has 0 heterocycles. The van der Waals surface area contributed by atoms with E-state index < -0.39 is 11.9 Å². The molecule has 0 aliphatic carbocycles. The summed E-state index contributed by atoms with van der Waals surface area (Å²) in [6.45, 7) is 2.28. The van der Waals surface area contributed by atoms with Crippen LogP contribution in [0.15, 0.2) is 30.3 Å². The van der Waals surface area contributed by atoms with Crippen molar-refractivity contribution in [2.24, 2.45) is 0 Å². The quantitative estimate of drug-likeness (QED) is 0.705. The highest BCUT2D eigenvalue weighted by Crippen LogP contribution is 2.16. The van der Waals surface area contributed by atoms with E-state index in [9.17, 15) is 4.79 Å². The van der Waals surface area contributed by atoms with Crippen LogP contribution >= 0.6 is 0 Å². The van der Waals surface area contributed by atoms with Crippen LogP contribution in [0.25, 0.3) is 0 Å². The molecule has 15 heavy (non-hydrogen) atoms. The number of carbonyl (C=O) groups excluding carboxylic acids is 1. The molecule has 78 valence electrons. The number of esters is 1. The maximum Gasteiger partial charge on any atom is 0.327 e. The Morgan fingerprint density at radius 3 is 2.67 bits per heavy atom. The molecule has 0 bridgehead atoms. The van der Waals surface area contributed by atoms with Crippen molar-refractivity contribution in [1.82, 2.24) is 0 Å². The van der Waals surface area contributed by atoms with E-state index in [-0.39, 0.29) is 0 Å². The van der Waals surface area contributed by atoms with Gasteiger partial charge in [-0.2, -0.15) is 5.26 Å². The largest absolute Gasteiger partial charge is 0.464 e. The lowest BCUT2D eigenvalue weighted by atomic mass is 10.0. The molecule has 0 aromatic heterocycles. The van der Waals surface area contributed by atoms with Gasteiger partial charge in [0.2, 0.25) is 0 Å². The highest BCUT2D eigenvalue weighted by Gasteiger charge is 2.20. The van der Waals surface area contributed by atoms with Crippen molar-refractivity contribution < 1.29 is 9.53 Å². The molecule has 0 N–H and O–H groups in total. The first kappa shape index (κ1) is 11.3. The number of hydrogen-bond acceptors (Lipinski definition) is 3. The van der Waals surface area contributed by atoms with Crippen molar-refractivity contribution in [2.45, 2.75) is 19.3 Å². The fraction of sp³-hybridized carbons (Fsp3) is 0.333. The lowest BCUT2D eigenvalue weighted by Crippen LogP contribution is -2.14. The minimum absolute atomic E-state index is 0.365. The maximum atomic E-state index is 11.5. The van der Waals surface area contributed by atoms with Gasteiger partial charge in [-0.05, 0) is 12.0 Å². The second-order valence-electron chi connectivity index (χ2n) is 3.14. The van der Waals surface area contributed by atoms with Crippen LogP contribution in [0.2, 0.25) is 0 Å². The molecule has 3 nitrogen and oxygen atoms in total. The minimum Gasteiger partial charge on any atom is -0.464 e. The molecule has 0 fully saturated rings. The molecule has 1 rings (SSSR count). The van der Waals surface area contributed by atoms with E-state index in [0.29, 0.717) is 12.2 Å². The van der Waals surface area contributed by atoms with Crippen LogP contribution in [-0.2, 0) is 9.53 Å². The van der Waals surface area contributed by atoms with Crippen molar-refractivity contribution in [3.63, 3.8) is 0 Å². The first-order chi connectivity index (χ1) is 7.29. The average Bonchev–Trinajstić information content (AvgIpc) is 2.29. The normalized spacial score (nSPS) is 11.5. The predicted octanol–water partition coefficient (Wildman–Crippen LogP) is 2.25. The fourth-order valence-electron chi connectivity index (χ4n) is 1.19. The van der Waals surface area contributed by atoms with Gasteiger partial charge in [-0.3, -0.25) is 4.79 Å². The van der Waals surface area contributed by atoms with E-state index in [4.69, 9.17) is 10.00 Å². The molecule has 0 aliphatic rings. The number of hydrogen-bond donors (Lipinski definition) is 0. The summed E-state index contributed by atoms with van der Waals surface area (Å²) in [6.07, 6.45) is 0.763. The van der Waals surface area contributed by atoms with Crippen molar-refractivity contribution in [2.75, 3.05) is 6.61 Å². The third-order valence-electron chi connectivity index (χ3n) is 1.95. The summed E-state index contributed by atoms with van der Waals surface area (Å²) >= 11 is 0. The molecule has 3 heteroatoms. The minimum atomic E-state index is -0.808. The molecular weight excluding hydrogens is 190 g/mol. The van der Waals surface area contributed by atoms with E-state index in [2.05, 4.69) is 0 Å². The average molecular weight is 203 g/mol. The van der Waals surface area contributed by atoms with Gasteiger partial charge in [-0.15, -0.1) is 0 Å². The number of rotatable bonds is 4. The molecule has 0 saturated carbocycles. The summed E-state index contributed by atoms with van der Waals surface area (Å²) in [5.74, 6) is -1.27. The monoisotopic (exact) mass is 203 g/mol. The zero-order valence-corrected chi connectivity index (χ0v) is 8.64. The van der Waals surface area contributed by atoms with Crippen LogP contribution < -0.4 is 0 Å². The Bertz CT molecular complexity index is 354. The number of nitrogens with zero attached hydrogens (tertiary/aromatic N) is 1. The van der Waals surface area contributed by atoms with Crippen LogP contribution in [0.1, 0.15) is 24.8 Å². The van der Waals surface area contributed by atoms with E-state index in [1.807, 2.05) is 19.1 Å². The Kier molecular flexibility index (Phi) is 4.36. The SMILES string of the molecule is CCCOC(=O)C(C#N)c1ccccc1. The van der Waals surface area contributed by atoms with Gasteiger partial charge in [0.25, 0.3) is 0 Å². The maximum absolute atomic E-state index is 11.5. The van der Waals surface area contributed by atoms with Crippen LogP contribution in [0.4, 0.5) is 0 Å². The Labute approximate surface area is 89.3 Å². The molecule has 0 amide bonds. The lowest BCUT2D eigenvalue weighted by molar-refractivity contribution is -0.144.